The molecule has 0 radical (unpaired) electrons. The van der Waals surface area contributed by atoms with Gasteiger partial charge in [-0.3, -0.25) is 9.78 Å². The van der Waals surface area contributed by atoms with Gasteiger partial charge in [0.25, 0.3) is 0 Å². The first-order chi connectivity index (χ1) is 8.51. The quantitative estimate of drug-likeness (QED) is 0.688. The largest absolute Gasteiger partial charge is 0.481 e. The molecule has 0 aromatic carbocycles. The molecule has 1 aromatic rings. The van der Waals surface area contributed by atoms with Crippen molar-refractivity contribution in [1.82, 2.24) is 10.3 Å². The van der Waals surface area contributed by atoms with Crippen molar-refractivity contribution in [2.75, 3.05) is 5.32 Å². The Labute approximate surface area is 105 Å². The Bertz CT molecular complexity index is 442. The predicted octanol–water partition coefficient (Wildman–Crippen LogP) is 1.40. The Morgan fingerprint density at radius 3 is 2.78 bits per heavy atom. The summed E-state index contributed by atoms with van der Waals surface area (Å²) < 4.78 is 0. The van der Waals surface area contributed by atoms with E-state index < -0.39 is 5.97 Å². The molecule has 0 saturated heterocycles. The summed E-state index contributed by atoms with van der Waals surface area (Å²) in [4.78, 5) is 25.8. The molecule has 6 heteroatoms. The molecule has 6 nitrogen and oxygen atoms in total. The minimum atomic E-state index is -0.944. The fraction of sp³-hybridized carbons (Fsp3) is 0.250. The minimum absolute atomic E-state index is 0.135. The maximum absolute atomic E-state index is 11.5. The lowest BCUT2D eigenvalue weighted by molar-refractivity contribution is -0.136. The highest BCUT2D eigenvalue weighted by atomic mass is 16.4. The van der Waals surface area contributed by atoms with Gasteiger partial charge in [-0.05, 0) is 19.1 Å². The van der Waals surface area contributed by atoms with Crippen LogP contribution in [-0.2, 0) is 11.2 Å². The van der Waals surface area contributed by atoms with E-state index in [2.05, 4.69) is 22.2 Å². The number of carbonyl (C=O) groups is 2. The van der Waals surface area contributed by atoms with Gasteiger partial charge in [-0.1, -0.05) is 6.08 Å². The molecule has 0 aliphatic carbocycles. The number of pyridine rings is 1. The summed E-state index contributed by atoms with van der Waals surface area (Å²) in [5, 5.41) is 13.8. The summed E-state index contributed by atoms with van der Waals surface area (Å²) in [5.41, 5.74) is 0.936. The number of nitrogens with one attached hydrogen (secondary N) is 2. The van der Waals surface area contributed by atoms with Crippen molar-refractivity contribution in [3.05, 3.63) is 36.7 Å². The third-order valence-electron chi connectivity index (χ3n) is 2.13. The van der Waals surface area contributed by atoms with Gasteiger partial charge >= 0.3 is 12.0 Å². The zero-order valence-electron chi connectivity index (χ0n) is 10.0. The first-order valence-electron chi connectivity index (χ1n) is 5.38. The molecule has 1 atom stereocenters. The number of carboxylic acid groups (broad SMARTS) is 1. The number of aromatic nitrogens is 1. The molecule has 0 spiro atoms. The lowest BCUT2D eigenvalue weighted by Gasteiger charge is -2.10. The topological polar surface area (TPSA) is 91.3 Å². The highest BCUT2D eigenvalue weighted by Gasteiger charge is 2.05. The van der Waals surface area contributed by atoms with Gasteiger partial charge in [0.1, 0.15) is 0 Å². The molecule has 0 fully saturated rings. The summed E-state index contributed by atoms with van der Waals surface area (Å²) >= 11 is 0. The molecule has 96 valence electrons. The molecule has 1 aromatic heterocycles. The average Bonchev–Trinajstić information content (AvgIpc) is 2.30. The summed E-state index contributed by atoms with van der Waals surface area (Å²) in [6.45, 7) is 5.34. The smallest absolute Gasteiger partial charge is 0.319 e. The van der Waals surface area contributed by atoms with E-state index in [-0.39, 0.29) is 18.5 Å². The van der Waals surface area contributed by atoms with Crippen molar-refractivity contribution < 1.29 is 14.7 Å². The Balaban J connectivity index is 2.55. The van der Waals surface area contributed by atoms with Crippen LogP contribution in [0.25, 0.3) is 0 Å². The number of hydrogen-bond acceptors (Lipinski definition) is 3. The SMILES string of the molecule is C=CC(C)NC(=O)Nc1ccc(CC(=O)O)nc1. The van der Waals surface area contributed by atoms with Gasteiger partial charge in [0.05, 0.1) is 24.0 Å². The van der Waals surface area contributed by atoms with Gasteiger partial charge in [0.15, 0.2) is 0 Å². The van der Waals surface area contributed by atoms with Crippen LogP contribution in [0.1, 0.15) is 12.6 Å². The molecular weight excluding hydrogens is 234 g/mol. The molecule has 2 amide bonds. The number of carboxylic acids is 1. The summed E-state index contributed by atoms with van der Waals surface area (Å²) in [7, 11) is 0. The van der Waals surface area contributed by atoms with Gasteiger partial charge in [-0.25, -0.2) is 4.79 Å². The lowest BCUT2D eigenvalue weighted by atomic mass is 10.2. The number of aliphatic carboxylic acids is 1. The lowest BCUT2D eigenvalue weighted by Crippen LogP contribution is -2.34. The number of amides is 2. The van der Waals surface area contributed by atoms with E-state index in [1.54, 1.807) is 25.1 Å². The molecule has 0 aliphatic rings. The van der Waals surface area contributed by atoms with Crippen LogP contribution in [0.15, 0.2) is 31.0 Å². The van der Waals surface area contributed by atoms with Crippen molar-refractivity contribution in [3.63, 3.8) is 0 Å². The fourth-order valence-corrected chi connectivity index (χ4v) is 1.19. The van der Waals surface area contributed by atoms with Gasteiger partial charge in [-0.2, -0.15) is 0 Å². The van der Waals surface area contributed by atoms with Crippen LogP contribution in [0.5, 0.6) is 0 Å². The van der Waals surface area contributed by atoms with Crippen LogP contribution < -0.4 is 10.6 Å². The van der Waals surface area contributed by atoms with Crippen molar-refractivity contribution in [2.45, 2.75) is 19.4 Å². The van der Waals surface area contributed by atoms with Crippen molar-refractivity contribution in [1.29, 1.82) is 0 Å². The molecular formula is C12H15N3O3. The maximum Gasteiger partial charge on any atom is 0.319 e. The van der Waals surface area contributed by atoms with Gasteiger partial charge in [0, 0.05) is 6.04 Å². The molecule has 1 rings (SSSR count). The van der Waals surface area contributed by atoms with E-state index >= 15 is 0 Å². The Morgan fingerprint density at radius 1 is 1.56 bits per heavy atom. The summed E-state index contributed by atoms with van der Waals surface area (Å²) in [6, 6.07) is 2.66. The van der Waals surface area contributed by atoms with E-state index in [0.717, 1.165) is 0 Å². The third-order valence-corrected chi connectivity index (χ3v) is 2.13. The zero-order chi connectivity index (χ0) is 13.5. The molecule has 1 unspecified atom stereocenters. The number of hydrogen-bond donors (Lipinski definition) is 3. The minimum Gasteiger partial charge on any atom is -0.481 e. The van der Waals surface area contributed by atoms with Crippen molar-refractivity contribution >= 4 is 17.7 Å². The molecule has 0 bridgehead atoms. The fourth-order valence-electron chi connectivity index (χ4n) is 1.19. The van der Waals surface area contributed by atoms with Gasteiger partial charge in [0.2, 0.25) is 0 Å². The van der Waals surface area contributed by atoms with E-state index in [1.165, 1.54) is 6.20 Å². The van der Waals surface area contributed by atoms with Crippen LogP contribution in [0.3, 0.4) is 0 Å². The van der Waals surface area contributed by atoms with Crippen LogP contribution in [0.2, 0.25) is 0 Å². The van der Waals surface area contributed by atoms with Crippen LogP contribution in [-0.4, -0.2) is 28.1 Å². The van der Waals surface area contributed by atoms with E-state index in [1.807, 2.05) is 0 Å². The second-order valence-electron chi connectivity index (χ2n) is 3.73. The first kappa shape index (κ1) is 13.7. The molecule has 18 heavy (non-hydrogen) atoms. The predicted molar refractivity (Wildman–Crippen MR) is 67.4 cm³/mol. The standard InChI is InChI=1S/C12H15N3O3/c1-3-8(2)14-12(18)15-10-5-4-9(13-7-10)6-11(16)17/h3-5,7-8H,1,6H2,2H3,(H,16,17)(H2,14,15,18). The van der Waals surface area contributed by atoms with Gasteiger partial charge in [-0.15, -0.1) is 6.58 Å². The number of nitrogens with zero attached hydrogens (tertiary/aromatic N) is 1. The second-order valence-corrected chi connectivity index (χ2v) is 3.73. The zero-order valence-corrected chi connectivity index (χ0v) is 10.0. The number of rotatable bonds is 5. The van der Waals surface area contributed by atoms with E-state index in [9.17, 15) is 9.59 Å². The molecule has 3 N–H and O–H groups in total. The normalized spacial score (nSPS) is 11.4. The van der Waals surface area contributed by atoms with Crippen LogP contribution in [0, 0.1) is 0 Å². The third kappa shape index (κ3) is 4.65. The molecule has 1 heterocycles. The van der Waals surface area contributed by atoms with E-state index in [4.69, 9.17) is 5.11 Å². The highest BCUT2D eigenvalue weighted by molar-refractivity contribution is 5.89. The number of carbonyl (C=O) groups excluding carboxylic acids is 1. The Morgan fingerprint density at radius 2 is 2.28 bits per heavy atom. The summed E-state index contributed by atoms with van der Waals surface area (Å²) in [6.07, 6.45) is 2.88. The van der Waals surface area contributed by atoms with Crippen molar-refractivity contribution in [3.8, 4) is 0 Å². The summed E-state index contributed by atoms with van der Waals surface area (Å²) in [5.74, 6) is -0.944. The Hall–Kier alpha value is -2.37. The maximum atomic E-state index is 11.5. The number of anilines is 1. The Kier molecular flexibility index (Phi) is 4.86. The van der Waals surface area contributed by atoms with E-state index in [0.29, 0.717) is 11.4 Å². The van der Waals surface area contributed by atoms with Crippen LogP contribution >= 0.6 is 0 Å². The average molecular weight is 249 g/mol. The highest BCUT2D eigenvalue weighted by Crippen LogP contribution is 2.06. The number of urea groups is 1. The first-order valence-corrected chi connectivity index (χ1v) is 5.38. The molecule has 0 saturated carbocycles. The second kappa shape index (κ2) is 6.39. The van der Waals surface area contributed by atoms with Crippen LogP contribution in [0.4, 0.5) is 10.5 Å². The van der Waals surface area contributed by atoms with Crippen molar-refractivity contribution in [2.24, 2.45) is 0 Å². The van der Waals surface area contributed by atoms with Gasteiger partial charge < -0.3 is 15.7 Å². The monoisotopic (exact) mass is 249 g/mol. The molecule has 0 aliphatic heterocycles.